The second-order valence-electron chi connectivity index (χ2n) is 3.13. The largest absolute Gasteiger partial charge is 0.467 e. The Labute approximate surface area is 76.3 Å². The molecule has 2 rings (SSSR count). The van der Waals surface area contributed by atoms with Crippen molar-refractivity contribution in [2.75, 3.05) is 0 Å². The molecule has 0 radical (unpaired) electrons. The zero-order valence-corrected chi connectivity index (χ0v) is 7.41. The van der Waals surface area contributed by atoms with Crippen LogP contribution in [0, 0.1) is 0 Å². The van der Waals surface area contributed by atoms with Crippen LogP contribution in [-0.2, 0) is 0 Å². The summed E-state index contributed by atoms with van der Waals surface area (Å²) in [6, 6.07) is 3.70. The third-order valence-corrected chi connectivity index (χ3v) is 2.29. The van der Waals surface area contributed by atoms with Gasteiger partial charge in [0.2, 0.25) is 0 Å². The Bertz CT molecular complexity index is 295. The summed E-state index contributed by atoms with van der Waals surface area (Å²) < 4.78 is 5.24. The molecular weight excluding hydrogens is 168 g/mol. The van der Waals surface area contributed by atoms with E-state index in [0.29, 0.717) is 0 Å². The lowest BCUT2D eigenvalue weighted by molar-refractivity contribution is 0.246. The van der Waals surface area contributed by atoms with E-state index in [1.165, 1.54) is 0 Å². The maximum absolute atomic E-state index is 11.1. The Morgan fingerprint density at radius 1 is 1.54 bits per heavy atom. The molecular formula is C9H12N2O2. The number of rotatable bonds is 2. The minimum atomic E-state index is -0.117. The average Bonchev–Trinajstić information content (AvgIpc) is 2.71. The molecule has 0 aliphatic carbocycles. The number of urea groups is 1. The predicted octanol–water partition coefficient (Wildman–Crippen LogP) is 1.41. The third-order valence-electron chi connectivity index (χ3n) is 2.29. The fourth-order valence-corrected chi connectivity index (χ4v) is 1.61. The molecule has 2 N–H and O–H groups in total. The number of carbonyl (C=O) groups excluding carboxylic acids is 1. The summed E-state index contributed by atoms with van der Waals surface area (Å²) in [5.74, 6) is 0.810. The third kappa shape index (κ3) is 1.39. The quantitative estimate of drug-likeness (QED) is 0.723. The fraction of sp³-hybridized carbons (Fsp3) is 0.444. The molecule has 0 aromatic carbocycles. The molecule has 4 heteroatoms. The van der Waals surface area contributed by atoms with Gasteiger partial charge < -0.3 is 15.1 Å². The first kappa shape index (κ1) is 8.16. The Morgan fingerprint density at radius 3 is 3.00 bits per heavy atom. The van der Waals surface area contributed by atoms with Crippen molar-refractivity contribution in [2.24, 2.45) is 0 Å². The molecule has 1 aliphatic heterocycles. The zero-order chi connectivity index (χ0) is 9.26. The van der Waals surface area contributed by atoms with Crippen LogP contribution in [0.4, 0.5) is 4.79 Å². The SMILES string of the molecule is CC[C@H]1NC(=O)N[C@H]1c1ccco1. The second-order valence-corrected chi connectivity index (χ2v) is 3.13. The van der Waals surface area contributed by atoms with E-state index in [1.807, 2.05) is 19.1 Å². The van der Waals surface area contributed by atoms with Crippen molar-refractivity contribution in [3.8, 4) is 0 Å². The van der Waals surface area contributed by atoms with Crippen molar-refractivity contribution in [1.29, 1.82) is 0 Å². The number of carbonyl (C=O) groups is 1. The van der Waals surface area contributed by atoms with Crippen molar-refractivity contribution in [3.63, 3.8) is 0 Å². The van der Waals surface area contributed by atoms with Crippen LogP contribution in [0.5, 0.6) is 0 Å². The zero-order valence-electron chi connectivity index (χ0n) is 7.41. The van der Waals surface area contributed by atoms with Gasteiger partial charge in [0.15, 0.2) is 0 Å². The highest BCUT2D eigenvalue weighted by Crippen LogP contribution is 2.22. The van der Waals surface area contributed by atoms with E-state index in [9.17, 15) is 4.79 Å². The first-order chi connectivity index (χ1) is 6.31. The molecule has 0 saturated carbocycles. The van der Waals surface area contributed by atoms with E-state index in [4.69, 9.17) is 4.42 Å². The molecule has 1 aromatic heterocycles. The number of nitrogens with one attached hydrogen (secondary N) is 2. The van der Waals surface area contributed by atoms with Crippen molar-refractivity contribution in [1.82, 2.24) is 10.6 Å². The van der Waals surface area contributed by atoms with Crippen molar-refractivity contribution in [2.45, 2.75) is 25.4 Å². The summed E-state index contributed by atoms with van der Waals surface area (Å²) in [6.45, 7) is 2.04. The van der Waals surface area contributed by atoms with Gasteiger partial charge in [0.1, 0.15) is 11.8 Å². The minimum Gasteiger partial charge on any atom is -0.467 e. The molecule has 1 saturated heterocycles. The summed E-state index contributed by atoms with van der Waals surface area (Å²) in [5, 5.41) is 5.65. The summed E-state index contributed by atoms with van der Waals surface area (Å²) >= 11 is 0. The van der Waals surface area contributed by atoms with E-state index in [1.54, 1.807) is 6.26 Å². The standard InChI is InChI=1S/C9H12N2O2/c1-2-6-8(11-9(12)10-6)7-4-3-5-13-7/h3-6,8H,2H2,1H3,(H2,10,11,12)/t6-,8-/m1/s1. The number of hydrogen-bond acceptors (Lipinski definition) is 2. The lowest BCUT2D eigenvalue weighted by atomic mass is 10.1. The van der Waals surface area contributed by atoms with Gasteiger partial charge in [-0.15, -0.1) is 0 Å². The van der Waals surface area contributed by atoms with Gasteiger partial charge >= 0.3 is 6.03 Å². The molecule has 13 heavy (non-hydrogen) atoms. The van der Waals surface area contributed by atoms with Crippen LogP contribution < -0.4 is 10.6 Å². The number of furan rings is 1. The summed E-state index contributed by atoms with van der Waals surface area (Å²) in [6.07, 6.45) is 2.51. The summed E-state index contributed by atoms with van der Waals surface area (Å²) in [5.41, 5.74) is 0. The monoisotopic (exact) mass is 180 g/mol. The first-order valence-electron chi connectivity index (χ1n) is 4.41. The maximum Gasteiger partial charge on any atom is 0.315 e. The van der Waals surface area contributed by atoms with Gasteiger partial charge in [0.05, 0.1) is 12.3 Å². The summed E-state index contributed by atoms with van der Waals surface area (Å²) in [4.78, 5) is 11.1. The van der Waals surface area contributed by atoms with E-state index in [-0.39, 0.29) is 18.1 Å². The maximum atomic E-state index is 11.1. The molecule has 1 aromatic rings. The first-order valence-corrected chi connectivity index (χ1v) is 4.41. The lowest BCUT2D eigenvalue weighted by Gasteiger charge is -2.13. The van der Waals surface area contributed by atoms with E-state index >= 15 is 0 Å². The Hall–Kier alpha value is -1.45. The minimum absolute atomic E-state index is 0.0208. The second kappa shape index (κ2) is 3.12. The molecule has 2 heterocycles. The van der Waals surface area contributed by atoms with Crippen LogP contribution >= 0.6 is 0 Å². The molecule has 2 amide bonds. The Kier molecular flexibility index (Phi) is 1.96. The highest BCUT2D eigenvalue weighted by molar-refractivity contribution is 5.77. The van der Waals surface area contributed by atoms with Crippen molar-refractivity contribution < 1.29 is 9.21 Å². The lowest BCUT2D eigenvalue weighted by Crippen LogP contribution is -2.26. The molecule has 0 bridgehead atoms. The molecule has 1 aliphatic rings. The van der Waals surface area contributed by atoms with Crippen LogP contribution in [-0.4, -0.2) is 12.1 Å². The topological polar surface area (TPSA) is 54.3 Å². The van der Waals surface area contributed by atoms with Gasteiger partial charge in [-0.05, 0) is 18.6 Å². The molecule has 70 valence electrons. The fourth-order valence-electron chi connectivity index (χ4n) is 1.61. The molecule has 2 atom stereocenters. The van der Waals surface area contributed by atoms with Crippen LogP contribution in [0.2, 0.25) is 0 Å². The van der Waals surface area contributed by atoms with Gasteiger partial charge in [-0.25, -0.2) is 4.79 Å². The van der Waals surface area contributed by atoms with Crippen LogP contribution in [0.25, 0.3) is 0 Å². The van der Waals surface area contributed by atoms with E-state index in [2.05, 4.69) is 10.6 Å². The van der Waals surface area contributed by atoms with E-state index < -0.39 is 0 Å². The van der Waals surface area contributed by atoms with E-state index in [0.717, 1.165) is 12.2 Å². The Balaban J connectivity index is 2.19. The van der Waals surface area contributed by atoms with Crippen LogP contribution in [0.3, 0.4) is 0 Å². The number of amides is 2. The van der Waals surface area contributed by atoms with Gasteiger partial charge in [-0.1, -0.05) is 6.92 Å². The average molecular weight is 180 g/mol. The molecule has 0 unspecified atom stereocenters. The molecule has 1 fully saturated rings. The van der Waals surface area contributed by atoms with Crippen LogP contribution in [0.1, 0.15) is 25.1 Å². The van der Waals surface area contributed by atoms with Crippen molar-refractivity contribution in [3.05, 3.63) is 24.2 Å². The van der Waals surface area contributed by atoms with Gasteiger partial charge in [0, 0.05) is 0 Å². The predicted molar refractivity (Wildman–Crippen MR) is 47.2 cm³/mol. The van der Waals surface area contributed by atoms with Crippen molar-refractivity contribution >= 4 is 6.03 Å². The van der Waals surface area contributed by atoms with Gasteiger partial charge in [-0.3, -0.25) is 0 Å². The smallest absolute Gasteiger partial charge is 0.315 e. The summed E-state index contributed by atoms with van der Waals surface area (Å²) in [7, 11) is 0. The highest BCUT2D eigenvalue weighted by atomic mass is 16.3. The van der Waals surface area contributed by atoms with Gasteiger partial charge in [-0.2, -0.15) is 0 Å². The molecule has 0 spiro atoms. The van der Waals surface area contributed by atoms with Crippen LogP contribution in [0.15, 0.2) is 22.8 Å². The highest BCUT2D eigenvalue weighted by Gasteiger charge is 2.32. The number of hydrogen-bond donors (Lipinski definition) is 2. The normalized spacial score (nSPS) is 27.0. The van der Waals surface area contributed by atoms with Gasteiger partial charge in [0.25, 0.3) is 0 Å². The Morgan fingerprint density at radius 2 is 2.38 bits per heavy atom. The molecule has 4 nitrogen and oxygen atoms in total.